The zero-order valence-corrected chi connectivity index (χ0v) is 12.5. The van der Waals surface area contributed by atoms with Gasteiger partial charge < -0.3 is 10.4 Å². The molecule has 10 nitrogen and oxygen atoms in total. The highest BCUT2D eigenvalue weighted by atomic mass is 16.6. The summed E-state index contributed by atoms with van der Waals surface area (Å²) in [7, 11) is 0. The molecule has 2 N–H and O–H groups in total. The molecule has 0 spiro atoms. The number of hydrogen-bond acceptors (Lipinski definition) is 6. The fraction of sp³-hybridized carbons (Fsp3) is 0.0667. The Morgan fingerprint density at radius 2 is 1.64 bits per heavy atom. The van der Waals surface area contributed by atoms with Gasteiger partial charge in [-0.05, 0) is 5.56 Å². The highest BCUT2D eigenvalue weighted by Crippen LogP contribution is 2.25. The van der Waals surface area contributed by atoms with Crippen molar-refractivity contribution in [2.45, 2.75) is 6.04 Å². The van der Waals surface area contributed by atoms with Crippen LogP contribution in [-0.2, 0) is 4.79 Å². The van der Waals surface area contributed by atoms with E-state index in [9.17, 15) is 34.9 Å². The first-order chi connectivity index (χ1) is 11.8. The van der Waals surface area contributed by atoms with E-state index in [1.165, 1.54) is 12.1 Å². The van der Waals surface area contributed by atoms with Crippen molar-refractivity contribution in [2.24, 2.45) is 0 Å². The van der Waals surface area contributed by atoms with Gasteiger partial charge in [-0.1, -0.05) is 30.3 Å². The van der Waals surface area contributed by atoms with Crippen molar-refractivity contribution in [3.05, 3.63) is 79.9 Å². The maximum absolute atomic E-state index is 12.3. The van der Waals surface area contributed by atoms with Gasteiger partial charge in [0.2, 0.25) is 0 Å². The van der Waals surface area contributed by atoms with Crippen LogP contribution in [-0.4, -0.2) is 26.8 Å². The summed E-state index contributed by atoms with van der Waals surface area (Å²) in [5.41, 5.74) is -1.54. The average molecular weight is 345 g/mol. The van der Waals surface area contributed by atoms with Gasteiger partial charge in [-0.2, -0.15) is 0 Å². The summed E-state index contributed by atoms with van der Waals surface area (Å²) in [6, 6.07) is 8.68. The van der Waals surface area contributed by atoms with Gasteiger partial charge in [-0.3, -0.25) is 25.0 Å². The number of nitrogens with zero attached hydrogens (tertiary/aromatic N) is 2. The molecule has 2 aromatic rings. The Balaban J connectivity index is 2.42. The lowest BCUT2D eigenvalue weighted by Crippen LogP contribution is -2.34. The van der Waals surface area contributed by atoms with Crippen LogP contribution in [0.3, 0.4) is 0 Å². The minimum Gasteiger partial charge on any atom is -0.479 e. The lowest BCUT2D eigenvalue weighted by molar-refractivity contribution is -0.389. The summed E-state index contributed by atoms with van der Waals surface area (Å²) in [6.45, 7) is 0. The van der Waals surface area contributed by atoms with E-state index < -0.39 is 44.7 Å². The molecule has 0 aliphatic carbocycles. The van der Waals surface area contributed by atoms with Crippen molar-refractivity contribution in [3.8, 4) is 0 Å². The number of nitro benzene ring substituents is 2. The van der Waals surface area contributed by atoms with E-state index in [2.05, 4.69) is 5.32 Å². The minimum absolute atomic E-state index is 0.247. The quantitative estimate of drug-likeness (QED) is 0.600. The van der Waals surface area contributed by atoms with Crippen LogP contribution >= 0.6 is 0 Å². The molecule has 0 saturated heterocycles. The number of hydrogen-bond donors (Lipinski definition) is 2. The van der Waals surface area contributed by atoms with Gasteiger partial charge in [0.05, 0.1) is 9.85 Å². The van der Waals surface area contributed by atoms with Gasteiger partial charge in [0.25, 0.3) is 17.3 Å². The lowest BCUT2D eigenvalue weighted by atomic mass is 10.1. The van der Waals surface area contributed by atoms with Crippen LogP contribution in [0.15, 0.2) is 48.5 Å². The van der Waals surface area contributed by atoms with Crippen LogP contribution in [0.5, 0.6) is 0 Å². The Bertz CT molecular complexity index is 851. The zero-order chi connectivity index (χ0) is 18.6. The summed E-state index contributed by atoms with van der Waals surface area (Å²) >= 11 is 0. The van der Waals surface area contributed by atoms with E-state index >= 15 is 0 Å². The van der Waals surface area contributed by atoms with Crippen molar-refractivity contribution >= 4 is 23.3 Å². The second kappa shape index (κ2) is 7.17. The Hall–Kier alpha value is -3.82. The first kappa shape index (κ1) is 17.5. The highest BCUT2D eigenvalue weighted by molar-refractivity contribution is 6.00. The smallest absolute Gasteiger partial charge is 0.330 e. The zero-order valence-electron chi connectivity index (χ0n) is 12.5. The van der Waals surface area contributed by atoms with Crippen LogP contribution in [0.4, 0.5) is 11.4 Å². The predicted octanol–water partition coefficient (Wildman–Crippen LogP) is 2.06. The number of rotatable bonds is 6. The third-order valence-corrected chi connectivity index (χ3v) is 3.29. The molecular weight excluding hydrogens is 334 g/mol. The van der Waals surface area contributed by atoms with Gasteiger partial charge in [-0.25, -0.2) is 4.79 Å². The Kier molecular flexibility index (Phi) is 5.03. The van der Waals surface area contributed by atoms with Crippen LogP contribution in [0.25, 0.3) is 0 Å². The third kappa shape index (κ3) is 3.93. The van der Waals surface area contributed by atoms with Crippen LogP contribution in [0.2, 0.25) is 0 Å². The molecule has 1 amide bonds. The van der Waals surface area contributed by atoms with Gasteiger partial charge in [-0.15, -0.1) is 0 Å². The summed E-state index contributed by atoms with van der Waals surface area (Å²) in [5, 5.41) is 33.3. The Labute approximate surface area is 140 Å². The largest absolute Gasteiger partial charge is 0.479 e. The molecule has 10 heteroatoms. The molecule has 0 aliphatic heterocycles. The molecule has 128 valence electrons. The number of carboxylic acids is 1. The second-order valence-corrected chi connectivity index (χ2v) is 4.87. The van der Waals surface area contributed by atoms with E-state index in [1.54, 1.807) is 18.2 Å². The molecule has 0 heterocycles. The van der Waals surface area contributed by atoms with Gasteiger partial charge in [0, 0.05) is 18.2 Å². The normalized spacial score (nSPS) is 11.4. The molecule has 2 rings (SSSR count). The number of carboxylic acid groups (broad SMARTS) is 1. The Morgan fingerprint density at radius 3 is 2.16 bits per heavy atom. The molecule has 1 atom stereocenters. The minimum atomic E-state index is -1.47. The van der Waals surface area contributed by atoms with Crippen LogP contribution in [0, 0.1) is 20.2 Å². The maximum Gasteiger partial charge on any atom is 0.330 e. The monoisotopic (exact) mass is 345 g/mol. The van der Waals surface area contributed by atoms with Crippen molar-refractivity contribution < 1.29 is 24.5 Å². The molecule has 25 heavy (non-hydrogen) atoms. The van der Waals surface area contributed by atoms with Crippen molar-refractivity contribution in [2.75, 3.05) is 0 Å². The fourth-order valence-corrected chi connectivity index (χ4v) is 2.12. The summed E-state index contributed by atoms with van der Waals surface area (Å²) < 4.78 is 0. The van der Waals surface area contributed by atoms with E-state index in [-0.39, 0.29) is 5.56 Å². The SMILES string of the molecule is O=C(N[C@@H](C(=O)O)c1ccccc1)c1cc([N+](=O)[O-])ccc1[N+](=O)[O-]. The number of non-ortho nitro benzene ring substituents is 1. The molecule has 0 fully saturated rings. The number of amides is 1. The van der Waals surface area contributed by atoms with Gasteiger partial charge >= 0.3 is 5.97 Å². The lowest BCUT2D eigenvalue weighted by Gasteiger charge is -2.14. The van der Waals surface area contributed by atoms with Crippen LogP contribution < -0.4 is 5.32 Å². The first-order valence-electron chi connectivity index (χ1n) is 6.82. The number of benzene rings is 2. The standard InChI is InChI=1S/C15H11N3O7/c19-14(16-13(15(20)21)9-4-2-1-3-5-9)11-8-10(17(22)23)6-7-12(11)18(24)25/h1-8,13H,(H,16,19)(H,20,21)/t13-/m1/s1. The van der Waals surface area contributed by atoms with E-state index in [4.69, 9.17) is 0 Å². The number of nitrogens with one attached hydrogen (secondary N) is 1. The first-order valence-corrected chi connectivity index (χ1v) is 6.82. The fourth-order valence-electron chi connectivity index (χ4n) is 2.12. The molecule has 0 aromatic heterocycles. The number of nitro groups is 2. The molecule has 2 aromatic carbocycles. The molecule has 0 bridgehead atoms. The van der Waals surface area contributed by atoms with Gasteiger partial charge in [0.1, 0.15) is 5.56 Å². The predicted molar refractivity (Wildman–Crippen MR) is 84.0 cm³/mol. The topological polar surface area (TPSA) is 153 Å². The van der Waals surface area contributed by atoms with Crippen molar-refractivity contribution in [1.29, 1.82) is 0 Å². The number of carbonyl (C=O) groups excluding carboxylic acids is 1. The Morgan fingerprint density at radius 1 is 1.00 bits per heavy atom. The molecule has 0 unspecified atom stereocenters. The molecule has 0 saturated carbocycles. The van der Waals surface area contributed by atoms with E-state index in [1.807, 2.05) is 0 Å². The van der Waals surface area contributed by atoms with E-state index in [0.717, 1.165) is 18.2 Å². The molecule has 0 radical (unpaired) electrons. The molecular formula is C15H11N3O7. The maximum atomic E-state index is 12.3. The summed E-state index contributed by atoms with van der Waals surface area (Å²) in [6.07, 6.45) is 0. The average Bonchev–Trinajstić information content (AvgIpc) is 2.59. The third-order valence-electron chi connectivity index (χ3n) is 3.29. The van der Waals surface area contributed by atoms with Crippen molar-refractivity contribution in [3.63, 3.8) is 0 Å². The summed E-state index contributed by atoms with van der Waals surface area (Å²) in [5.74, 6) is -2.49. The summed E-state index contributed by atoms with van der Waals surface area (Å²) in [4.78, 5) is 43.9. The van der Waals surface area contributed by atoms with E-state index in [0.29, 0.717) is 0 Å². The number of aliphatic carboxylic acids is 1. The molecule has 0 aliphatic rings. The van der Waals surface area contributed by atoms with Gasteiger partial charge in [0.15, 0.2) is 6.04 Å². The number of carbonyl (C=O) groups is 2. The van der Waals surface area contributed by atoms with Crippen molar-refractivity contribution in [1.82, 2.24) is 5.32 Å². The second-order valence-electron chi connectivity index (χ2n) is 4.87. The highest BCUT2D eigenvalue weighted by Gasteiger charge is 2.28. The van der Waals surface area contributed by atoms with Crippen LogP contribution in [0.1, 0.15) is 22.0 Å².